The van der Waals surface area contributed by atoms with E-state index in [1.807, 2.05) is 66.1 Å². The molecule has 1 aliphatic rings. The summed E-state index contributed by atoms with van der Waals surface area (Å²) in [5.74, 6) is -0.266. The summed E-state index contributed by atoms with van der Waals surface area (Å²) < 4.78 is 39.8. The maximum absolute atomic E-state index is 12.9. The summed E-state index contributed by atoms with van der Waals surface area (Å²) in [6, 6.07) is 21.9. The first-order valence-electron chi connectivity index (χ1n) is 15.0. The molecule has 0 aliphatic heterocycles. The number of ketones is 1. The van der Waals surface area contributed by atoms with E-state index in [4.69, 9.17) is 9.29 Å². The third kappa shape index (κ3) is 9.50. The molecule has 45 heavy (non-hydrogen) atoms. The Hall–Kier alpha value is -4.48. The third-order valence-corrected chi connectivity index (χ3v) is 8.11. The van der Waals surface area contributed by atoms with E-state index in [1.165, 1.54) is 36.8 Å². The van der Waals surface area contributed by atoms with Gasteiger partial charge in [0.2, 0.25) is 5.91 Å². The molecule has 5 rings (SSSR count). The first-order valence-corrected chi connectivity index (χ1v) is 16.4. The number of nitrogens with zero attached hydrogens (tertiary/aromatic N) is 1. The largest absolute Gasteiger partial charge is 0.496 e. The van der Waals surface area contributed by atoms with Gasteiger partial charge in [0.05, 0.1) is 19.2 Å². The second kappa shape index (κ2) is 15.5. The van der Waals surface area contributed by atoms with Crippen LogP contribution in [0.2, 0.25) is 0 Å². The van der Waals surface area contributed by atoms with Crippen molar-refractivity contribution in [3.05, 3.63) is 95.7 Å². The molecule has 1 heterocycles. The van der Waals surface area contributed by atoms with Gasteiger partial charge in [-0.1, -0.05) is 68.3 Å². The van der Waals surface area contributed by atoms with Gasteiger partial charge in [-0.05, 0) is 49.4 Å². The number of methoxy groups -OCH3 is 1. The van der Waals surface area contributed by atoms with Crippen LogP contribution in [0.25, 0.3) is 10.9 Å². The zero-order valence-corrected chi connectivity index (χ0v) is 26.3. The van der Waals surface area contributed by atoms with Crippen molar-refractivity contribution in [2.45, 2.75) is 58.4 Å². The van der Waals surface area contributed by atoms with Crippen LogP contribution in [-0.4, -0.2) is 42.2 Å². The molecule has 0 unspecified atom stereocenters. The molecule has 0 radical (unpaired) electrons. The van der Waals surface area contributed by atoms with Gasteiger partial charge < -0.3 is 14.6 Å². The van der Waals surface area contributed by atoms with E-state index in [0.29, 0.717) is 47.7 Å². The number of ether oxygens (including phenoxy) is 1. The second-order valence-corrected chi connectivity index (χ2v) is 12.2. The number of carbonyl (C=O) groups excluding carboxylic acids is 3. The number of aromatic nitrogens is 1. The summed E-state index contributed by atoms with van der Waals surface area (Å²) in [7, 11) is -3.29. The Morgan fingerprint density at radius 1 is 0.978 bits per heavy atom. The Balaban J connectivity index is 0.000000687. The summed E-state index contributed by atoms with van der Waals surface area (Å²) in [5.41, 5.74) is 2.63. The van der Waals surface area contributed by atoms with Gasteiger partial charge in [-0.25, -0.2) is 4.72 Å². The maximum Gasteiger partial charge on any atom is 0.359 e. The van der Waals surface area contributed by atoms with Crippen molar-refractivity contribution in [3.8, 4) is 5.75 Å². The number of amides is 2. The van der Waals surface area contributed by atoms with E-state index in [1.54, 1.807) is 12.3 Å². The molecule has 11 heteroatoms. The number of Topliss-reactive ketones (excluding diaryl/α,β-unsaturated/α-hetero) is 1. The molecule has 4 aromatic rings. The summed E-state index contributed by atoms with van der Waals surface area (Å²) >= 11 is 0. The van der Waals surface area contributed by atoms with Crippen molar-refractivity contribution in [3.63, 3.8) is 0 Å². The zero-order chi connectivity index (χ0) is 32.4. The highest BCUT2D eigenvalue weighted by Gasteiger charge is 2.21. The molecule has 1 saturated carbocycles. The Bertz CT molecular complexity index is 1720. The van der Waals surface area contributed by atoms with E-state index in [2.05, 4.69) is 5.32 Å². The van der Waals surface area contributed by atoms with Crippen LogP contribution in [0.15, 0.2) is 79.0 Å². The fraction of sp³-hybridized carbons (Fsp3) is 0.324. The molecule has 238 valence electrons. The standard InChI is InChI=1S/C28H33N3O7S.C6H6/c1-3-6-25(32)23-17-31(16-20-10-9-19(14-26(20)38-2)28(34)30-39(35,36)37)24-15-21(11-12-22(23)24)29-27(33)13-18-7-4-5-8-18;1-2-4-6-5-3-1/h9-12,14-15,17-18H,3-8,13,16H2,1-2H3,(H,29,33)(H,30,34)(H,35,36,37);1-6H. The summed E-state index contributed by atoms with van der Waals surface area (Å²) in [4.78, 5) is 37.7. The number of carbonyl (C=O) groups is 3. The van der Waals surface area contributed by atoms with Crippen LogP contribution >= 0.6 is 0 Å². The van der Waals surface area contributed by atoms with Gasteiger partial charge in [0.15, 0.2) is 5.78 Å². The van der Waals surface area contributed by atoms with Crippen molar-refractivity contribution in [2.75, 3.05) is 12.4 Å². The van der Waals surface area contributed by atoms with Gasteiger partial charge in [0.25, 0.3) is 5.91 Å². The molecule has 0 saturated heterocycles. The lowest BCUT2D eigenvalue weighted by molar-refractivity contribution is -0.117. The first-order chi connectivity index (χ1) is 21.6. The molecule has 1 aromatic heterocycles. The number of benzene rings is 3. The Kier molecular flexibility index (Phi) is 11.5. The van der Waals surface area contributed by atoms with Crippen LogP contribution in [0.4, 0.5) is 5.69 Å². The summed E-state index contributed by atoms with van der Waals surface area (Å²) in [6.45, 7) is 2.22. The van der Waals surface area contributed by atoms with Crippen LogP contribution < -0.4 is 14.8 Å². The van der Waals surface area contributed by atoms with E-state index in [9.17, 15) is 22.8 Å². The topological polar surface area (TPSA) is 144 Å². The highest BCUT2D eigenvalue weighted by atomic mass is 32.2. The van der Waals surface area contributed by atoms with E-state index in [-0.39, 0.29) is 23.8 Å². The molecular formula is C34H39N3O7S. The highest BCUT2D eigenvalue weighted by Crippen LogP contribution is 2.31. The van der Waals surface area contributed by atoms with Gasteiger partial charge >= 0.3 is 10.3 Å². The van der Waals surface area contributed by atoms with Crippen LogP contribution in [0.3, 0.4) is 0 Å². The number of rotatable bonds is 11. The SMILES string of the molecule is CCCC(=O)c1cn(Cc2ccc(C(=O)NS(=O)(=O)O)cc2OC)c2cc(NC(=O)CC3CCCC3)ccc12.c1ccccc1. The van der Waals surface area contributed by atoms with Gasteiger partial charge in [-0.3, -0.25) is 18.9 Å². The molecule has 0 spiro atoms. The number of nitrogens with one attached hydrogen (secondary N) is 2. The monoisotopic (exact) mass is 633 g/mol. The van der Waals surface area contributed by atoms with Gasteiger partial charge in [-0.15, -0.1) is 0 Å². The molecule has 2 amide bonds. The quantitative estimate of drug-likeness (QED) is 0.128. The summed E-state index contributed by atoms with van der Waals surface area (Å²) in [5, 5.41) is 3.77. The number of fused-ring (bicyclic) bond motifs is 1. The van der Waals surface area contributed by atoms with E-state index < -0.39 is 16.2 Å². The minimum atomic E-state index is -4.71. The molecule has 1 fully saturated rings. The Labute approximate surface area is 263 Å². The lowest BCUT2D eigenvalue weighted by Gasteiger charge is -2.13. The molecule has 10 nitrogen and oxygen atoms in total. The Morgan fingerprint density at radius 2 is 1.64 bits per heavy atom. The van der Waals surface area contributed by atoms with Crippen molar-refractivity contribution in [1.29, 1.82) is 0 Å². The molecule has 0 atom stereocenters. The van der Waals surface area contributed by atoms with Crippen LogP contribution in [-0.2, 0) is 21.6 Å². The smallest absolute Gasteiger partial charge is 0.359 e. The normalized spacial score (nSPS) is 13.1. The van der Waals surface area contributed by atoms with Crippen molar-refractivity contribution in [2.24, 2.45) is 5.92 Å². The van der Waals surface area contributed by atoms with Crippen LogP contribution in [0.5, 0.6) is 5.75 Å². The minimum absolute atomic E-state index is 0.0170. The maximum atomic E-state index is 12.9. The van der Waals surface area contributed by atoms with Crippen LogP contribution in [0, 0.1) is 5.92 Å². The highest BCUT2D eigenvalue weighted by molar-refractivity contribution is 7.84. The van der Waals surface area contributed by atoms with Crippen molar-refractivity contribution < 1.29 is 32.1 Å². The van der Waals surface area contributed by atoms with Gasteiger partial charge in [0.1, 0.15) is 5.75 Å². The number of hydrogen-bond acceptors (Lipinski definition) is 6. The predicted molar refractivity (Wildman–Crippen MR) is 174 cm³/mol. The zero-order valence-electron chi connectivity index (χ0n) is 25.5. The van der Waals surface area contributed by atoms with Gasteiger partial charge in [-0.2, -0.15) is 8.42 Å². The molecule has 1 aliphatic carbocycles. The van der Waals surface area contributed by atoms with E-state index >= 15 is 0 Å². The van der Waals surface area contributed by atoms with Gasteiger partial charge in [0, 0.05) is 46.8 Å². The number of hydrogen-bond donors (Lipinski definition) is 3. The fourth-order valence-corrected chi connectivity index (χ4v) is 5.89. The fourth-order valence-electron chi connectivity index (χ4n) is 5.53. The predicted octanol–water partition coefficient (Wildman–Crippen LogP) is 6.42. The average Bonchev–Trinajstić information content (AvgIpc) is 3.65. The minimum Gasteiger partial charge on any atom is -0.496 e. The molecule has 3 aromatic carbocycles. The molecular weight excluding hydrogens is 594 g/mol. The lowest BCUT2D eigenvalue weighted by Crippen LogP contribution is -2.29. The Morgan fingerprint density at radius 3 is 2.24 bits per heavy atom. The molecule has 0 bridgehead atoms. The first kappa shape index (κ1) is 33.4. The lowest BCUT2D eigenvalue weighted by atomic mass is 10.0. The van der Waals surface area contributed by atoms with E-state index in [0.717, 1.165) is 23.7 Å². The third-order valence-electron chi connectivity index (χ3n) is 7.67. The van der Waals surface area contributed by atoms with Crippen molar-refractivity contribution >= 4 is 44.5 Å². The summed E-state index contributed by atoms with van der Waals surface area (Å²) in [6.07, 6.45) is 7.89. The second-order valence-electron chi connectivity index (χ2n) is 11.1. The number of anilines is 1. The van der Waals surface area contributed by atoms with Crippen LogP contribution in [0.1, 0.15) is 78.1 Å². The molecule has 3 N–H and O–H groups in total. The average molecular weight is 634 g/mol. The van der Waals surface area contributed by atoms with Crippen molar-refractivity contribution in [1.82, 2.24) is 9.29 Å².